The van der Waals surface area contributed by atoms with Crippen LogP contribution in [0, 0.1) is 0 Å². The van der Waals surface area contributed by atoms with Crippen molar-refractivity contribution in [2.24, 2.45) is 0 Å². The summed E-state index contributed by atoms with van der Waals surface area (Å²) in [5, 5.41) is 27.4. The number of amides is 2. The van der Waals surface area contributed by atoms with Crippen molar-refractivity contribution < 1.29 is 29.3 Å². The first kappa shape index (κ1) is 30.3. The number of carbonyl (C=O) groups is 2. The topological polar surface area (TPSA) is 117 Å². The van der Waals surface area contributed by atoms with Crippen LogP contribution in [-0.2, 0) is 22.7 Å². The Kier molecular flexibility index (Phi) is 11.5. The van der Waals surface area contributed by atoms with Crippen LogP contribution in [0.4, 0.5) is 9.59 Å². The summed E-state index contributed by atoms with van der Waals surface area (Å²) in [7, 11) is 0. The van der Waals surface area contributed by atoms with Crippen LogP contribution in [0.5, 0.6) is 0 Å². The van der Waals surface area contributed by atoms with E-state index in [2.05, 4.69) is 10.6 Å². The Morgan fingerprint density at radius 3 is 1.45 bits per heavy atom. The van der Waals surface area contributed by atoms with Crippen LogP contribution in [0.1, 0.15) is 40.7 Å². The Bertz CT molecular complexity index is 1360. The van der Waals surface area contributed by atoms with Crippen molar-refractivity contribution in [1.29, 1.82) is 0 Å². The summed E-state index contributed by atoms with van der Waals surface area (Å²) in [6.45, 7) is -0.255. The molecular weight excluding hydrogens is 532 g/mol. The predicted molar refractivity (Wildman–Crippen MR) is 159 cm³/mol. The van der Waals surface area contributed by atoms with Gasteiger partial charge in [0.05, 0.1) is 24.8 Å². The molecule has 0 fully saturated rings. The van der Waals surface area contributed by atoms with Gasteiger partial charge in [0.15, 0.2) is 0 Å². The van der Waals surface area contributed by atoms with Crippen molar-refractivity contribution in [3.05, 3.63) is 144 Å². The van der Waals surface area contributed by atoms with E-state index >= 15 is 0 Å². The van der Waals surface area contributed by atoms with E-state index in [4.69, 9.17) is 9.47 Å². The fraction of sp³-hybridized carbons (Fsp3) is 0.235. The Balaban J connectivity index is 1.53. The number of hydrogen-bond donors (Lipinski definition) is 4. The van der Waals surface area contributed by atoms with Gasteiger partial charge in [0, 0.05) is 5.92 Å². The fourth-order valence-corrected chi connectivity index (χ4v) is 4.76. The molecule has 4 aromatic rings. The molecule has 8 heteroatoms. The Morgan fingerprint density at radius 1 is 0.595 bits per heavy atom. The van der Waals surface area contributed by atoms with Gasteiger partial charge in [0.2, 0.25) is 0 Å². The zero-order chi connectivity index (χ0) is 29.6. The molecule has 42 heavy (non-hydrogen) atoms. The number of rotatable bonds is 13. The summed E-state index contributed by atoms with van der Waals surface area (Å²) in [5.74, 6) is -0.502. The average Bonchev–Trinajstić information content (AvgIpc) is 3.05. The first-order valence-corrected chi connectivity index (χ1v) is 13.9. The number of alkyl carbamates (subject to hydrolysis) is 2. The highest BCUT2D eigenvalue weighted by Crippen LogP contribution is 2.30. The molecule has 0 heterocycles. The molecule has 4 aromatic carbocycles. The summed E-state index contributed by atoms with van der Waals surface area (Å²) in [6, 6.07) is 35.3. The molecule has 0 radical (unpaired) electrons. The molecule has 4 N–H and O–H groups in total. The lowest BCUT2D eigenvalue weighted by Crippen LogP contribution is -2.46. The molecule has 0 bridgehead atoms. The number of ether oxygens (including phenoxy) is 2. The third kappa shape index (κ3) is 9.19. The van der Waals surface area contributed by atoms with Gasteiger partial charge in [-0.25, -0.2) is 9.59 Å². The number of aliphatic hydroxyl groups is 2. The minimum Gasteiger partial charge on any atom is -0.445 e. The van der Waals surface area contributed by atoms with E-state index in [0.29, 0.717) is 5.56 Å². The molecule has 218 valence electrons. The standard InChI is InChI=1S/C34H36N2O6/c37-22-31(36-34(40)42-24-26-15-7-2-8-16-26)29(27-17-9-3-10-18-27)21-30(32(38)28-19-11-4-12-20-28)35-33(39)41-23-25-13-5-1-6-14-25/h1-20,29-32,37-38H,21-24H2,(H,35,39)(H,36,40). The first-order valence-electron chi connectivity index (χ1n) is 13.9. The molecule has 0 saturated heterocycles. The summed E-state index contributed by atoms with van der Waals surface area (Å²) >= 11 is 0. The number of hydrogen-bond acceptors (Lipinski definition) is 6. The van der Waals surface area contributed by atoms with Crippen LogP contribution in [0.25, 0.3) is 0 Å². The Morgan fingerprint density at radius 2 is 1.00 bits per heavy atom. The molecule has 2 amide bonds. The average molecular weight is 569 g/mol. The van der Waals surface area contributed by atoms with E-state index in [0.717, 1.165) is 16.7 Å². The largest absolute Gasteiger partial charge is 0.445 e. The Labute approximate surface area is 245 Å². The Hall–Kier alpha value is -4.66. The molecule has 0 aliphatic carbocycles. The second kappa shape index (κ2) is 16.0. The van der Waals surface area contributed by atoms with Crippen molar-refractivity contribution in [1.82, 2.24) is 10.6 Å². The maximum atomic E-state index is 12.9. The lowest BCUT2D eigenvalue weighted by atomic mass is 9.83. The number of carbonyl (C=O) groups excluding carboxylic acids is 2. The number of aliphatic hydroxyl groups excluding tert-OH is 2. The second-order valence-electron chi connectivity index (χ2n) is 9.92. The summed E-state index contributed by atoms with van der Waals surface area (Å²) < 4.78 is 10.9. The number of benzene rings is 4. The van der Waals surface area contributed by atoms with Crippen molar-refractivity contribution in [3.63, 3.8) is 0 Å². The maximum absolute atomic E-state index is 12.9. The third-order valence-electron chi connectivity index (χ3n) is 6.97. The maximum Gasteiger partial charge on any atom is 0.407 e. The van der Waals surface area contributed by atoms with Crippen molar-refractivity contribution in [2.75, 3.05) is 6.61 Å². The smallest absolute Gasteiger partial charge is 0.407 e. The molecule has 0 spiro atoms. The van der Waals surface area contributed by atoms with Gasteiger partial charge < -0.3 is 30.3 Å². The summed E-state index contributed by atoms with van der Waals surface area (Å²) in [5.41, 5.74) is 3.07. The minimum absolute atomic E-state index is 0.0665. The van der Waals surface area contributed by atoms with Gasteiger partial charge in [0.1, 0.15) is 13.2 Å². The normalized spacial score (nSPS) is 13.7. The SMILES string of the molecule is O=C(NC(CC(c1ccccc1)C(CO)NC(=O)OCc1ccccc1)C(O)c1ccccc1)OCc1ccccc1. The fourth-order valence-electron chi connectivity index (χ4n) is 4.76. The molecule has 0 aromatic heterocycles. The zero-order valence-corrected chi connectivity index (χ0v) is 23.2. The van der Waals surface area contributed by atoms with Gasteiger partial charge in [-0.2, -0.15) is 0 Å². The second-order valence-corrected chi connectivity index (χ2v) is 9.92. The lowest BCUT2D eigenvalue weighted by Gasteiger charge is -2.32. The van der Waals surface area contributed by atoms with Gasteiger partial charge >= 0.3 is 12.2 Å². The number of nitrogens with one attached hydrogen (secondary N) is 2. The third-order valence-corrected chi connectivity index (χ3v) is 6.97. The monoisotopic (exact) mass is 568 g/mol. The van der Waals surface area contributed by atoms with Crippen LogP contribution in [-0.4, -0.2) is 41.1 Å². The quantitative estimate of drug-likeness (QED) is 0.170. The molecule has 4 atom stereocenters. The lowest BCUT2D eigenvalue weighted by molar-refractivity contribution is 0.0901. The minimum atomic E-state index is -1.09. The van der Waals surface area contributed by atoms with E-state index in [9.17, 15) is 19.8 Å². The van der Waals surface area contributed by atoms with E-state index in [1.165, 1.54) is 0 Å². The van der Waals surface area contributed by atoms with E-state index < -0.39 is 42.9 Å². The molecular formula is C34H36N2O6. The highest BCUT2D eigenvalue weighted by molar-refractivity contribution is 5.68. The first-order chi connectivity index (χ1) is 20.5. The van der Waals surface area contributed by atoms with Gasteiger partial charge in [-0.3, -0.25) is 0 Å². The van der Waals surface area contributed by atoms with E-state index in [1.807, 2.05) is 97.1 Å². The highest BCUT2D eigenvalue weighted by atomic mass is 16.6. The molecule has 0 saturated carbocycles. The van der Waals surface area contributed by atoms with Gasteiger partial charge in [-0.1, -0.05) is 121 Å². The predicted octanol–water partition coefficient (Wildman–Crippen LogP) is 5.48. The molecule has 8 nitrogen and oxygen atoms in total. The van der Waals surface area contributed by atoms with Crippen molar-refractivity contribution in [3.8, 4) is 0 Å². The van der Waals surface area contributed by atoms with Gasteiger partial charge in [0.25, 0.3) is 0 Å². The molecule has 4 unspecified atom stereocenters. The van der Waals surface area contributed by atoms with Gasteiger partial charge in [-0.15, -0.1) is 0 Å². The van der Waals surface area contributed by atoms with Crippen LogP contribution in [0.2, 0.25) is 0 Å². The van der Waals surface area contributed by atoms with Crippen LogP contribution in [0.15, 0.2) is 121 Å². The van der Waals surface area contributed by atoms with E-state index in [-0.39, 0.29) is 19.6 Å². The molecule has 4 rings (SSSR count). The van der Waals surface area contributed by atoms with Crippen LogP contribution < -0.4 is 10.6 Å². The van der Waals surface area contributed by atoms with Crippen LogP contribution >= 0.6 is 0 Å². The molecule has 0 aliphatic heterocycles. The highest BCUT2D eigenvalue weighted by Gasteiger charge is 2.32. The summed E-state index contributed by atoms with van der Waals surface area (Å²) in [4.78, 5) is 25.7. The van der Waals surface area contributed by atoms with Crippen molar-refractivity contribution >= 4 is 12.2 Å². The summed E-state index contributed by atoms with van der Waals surface area (Å²) in [6.07, 6.45) is -2.30. The molecule has 0 aliphatic rings. The van der Waals surface area contributed by atoms with Crippen molar-refractivity contribution in [2.45, 2.75) is 43.7 Å². The van der Waals surface area contributed by atoms with E-state index in [1.54, 1.807) is 24.3 Å². The van der Waals surface area contributed by atoms with Gasteiger partial charge in [-0.05, 0) is 28.7 Å². The van der Waals surface area contributed by atoms with Crippen LogP contribution in [0.3, 0.4) is 0 Å². The zero-order valence-electron chi connectivity index (χ0n) is 23.2.